The van der Waals surface area contributed by atoms with Crippen LogP contribution in [0.4, 0.5) is 11.4 Å². The van der Waals surface area contributed by atoms with Crippen molar-refractivity contribution in [3.8, 4) is 5.75 Å². The lowest BCUT2D eigenvalue weighted by Gasteiger charge is -2.21. The third-order valence-electron chi connectivity index (χ3n) is 3.92. The maximum Gasteiger partial charge on any atom is 0.271 e. The fourth-order valence-electron chi connectivity index (χ4n) is 2.51. The van der Waals surface area contributed by atoms with Crippen LogP contribution in [0.2, 0.25) is 5.02 Å². The van der Waals surface area contributed by atoms with Crippen LogP contribution in [0.3, 0.4) is 0 Å². The smallest absolute Gasteiger partial charge is 0.271 e. The van der Waals surface area contributed by atoms with Crippen molar-refractivity contribution in [2.24, 2.45) is 0 Å². The number of carbonyl (C=O) groups is 1. The van der Waals surface area contributed by atoms with Gasteiger partial charge in [0.25, 0.3) is 5.69 Å². The third-order valence-corrected chi connectivity index (χ3v) is 4.26. The summed E-state index contributed by atoms with van der Waals surface area (Å²) < 4.78 is 5.15. The molecule has 7 nitrogen and oxygen atoms in total. The van der Waals surface area contributed by atoms with E-state index in [0.717, 1.165) is 5.56 Å². The van der Waals surface area contributed by atoms with Crippen LogP contribution < -0.4 is 15.4 Å². The van der Waals surface area contributed by atoms with Gasteiger partial charge in [-0.15, -0.1) is 0 Å². The van der Waals surface area contributed by atoms with Gasteiger partial charge in [0, 0.05) is 23.2 Å². The van der Waals surface area contributed by atoms with Crippen molar-refractivity contribution in [3.05, 3.63) is 63.2 Å². The first-order valence-corrected chi connectivity index (χ1v) is 8.35. The molecule has 0 radical (unpaired) electrons. The highest BCUT2D eigenvalue weighted by Gasteiger charge is 2.20. The molecule has 2 aromatic rings. The van der Waals surface area contributed by atoms with Gasteiger partial charge in [0.15, 0.2) is 0 Å². The Balaban J connectivity index is 2.10. The van der Waals surface area contributed by atoms with Crippen molar-refractivity contribution in [1.29, 1.82) is 0 Å². The predicted octanol–water partition coefficient (Wildman–Crippen LogP) is 3.93. The molecule has 0 bridgehead atoms. The minimum absolute atomic E-state index is 0.133. The number of non-ortho nitro benzene ring substituents is 1. The Kier molecular flexibility index (Phi) is 6.54. The number of rotatable bonds is 7. The van der Waals surface area contributed by atoms with Crippen molar-refractivity contribution in [3.63, 3.8) is 0 Å². The molecule has 0 saturated heterocycles. The maximum atomic E-state index is 12.5. The van der Waals surface area contributed by atoms with E-state index in [1.807, 2.05) is 25.1 Å². The Morgan fingerprint density at radius 2 is 1.92 bits per heavy atom. The molecule has 0 saturated carbocycles. The van der Waals surface area contributed by atoms with E-state index in [9.17, 15) is 14.9 Å². The van der Waals surface area contributed by atoms with Gasteiger partial charge in [0.1, 0.15) is 5.75 Å². The Morgan fingerprint density at radius 3 is 2.54 bits per heavy atom. The molecule has 26 heavy (non-hydrogen) atoms. The number of halogens is 1. The number of methoxy groups -OCH3 is 1. The van der Waals surface area contributed by atoms with Crippen LogP contribution in [-0.2, 0) is 4.79 Å². The average Bonchev–Trinajstić information content (AvgIpc) is 2.61. The number of carbonyl (C=O) groups excluding carboxylic acids is 1. The van der Waals surface area contributed by atoms with Crippen molar-refractivity contribution in [1.82, 2.24) is 5.32 Å². The minimum Gasteiger partial charge on any atom is -0.495 e. The highest BCUT2D eigenvalue weighted by molar-refractivity contribution is 6.31. The molecule has 8 heteroatoms. The van der Waals surface area contributed by atoms with Crippen LogP contribution >= 0.6 is 11.6 Å². The summed E-state index contributed by atoms with van der Waals surface area (Å²) in [5.74, 6) is -0.00185. The fourth-order valence-corrected chi connectivity index (χ4v) is 2.81. The maximum absolute atomic E-state index is 12.5. The Bertz CT molecular complexity index is 813. The molecule has 0 unspecified atom stereocenters. The van der Waals surface area contributed by atoms with Crippen LogP contribution in [0.25, 0.3) is 0 Å². The molecule has 0 aromatic heterocycles. The van der Waals surface area contributed by atoms with Gasteiger partial charge < -0.3 is 10.1 Å². The molecule has 0 aliphatic heterocycles. The van der Waals surface area contributed by atoms with Gasteiger partial charge in [-0.1, -0.05) is 29.8 Å². The van der Waals surface area contributed by atoms with Crippen LogP contribution in [0, 0.1) is 10.1 Å². The minimum atomic E-state index is -0.565. The number of anilines is 1. The summed E-state index contributed by atoms with van der Waals surface area (Å²) in [5, 5.41) is 17.4. The van der Waals surface area contributed by atoms with E-state index < -0.39 is 11.0 Å². The van der Waals surface area contributed by atoms with Crippen LogP contribution in [0.5, 0.6) is 5.75 Å². The topological polar surface area (TPSA) is 93.5 Å². The van der Waals surface area contributed by atoms with Crippen molar-refractivity contribution >= 4 is 28.9 Å². The first kappa shape index (κ1) is 19.7. The summed E-state index contributed by atoms with van der Waals surface area (Å²) in [6, 6.07) is 10.7. The summed E-state index contributed by atoms with van der Waals surface area (Å²) >= 11 is 6.18. The Hall–Kier alpha value is -2.64. The second kappa shape index (κ2) is 8.64. The Labute approximate surface area is 156 Å². The lowest BCUT2D eigenvalue weighted by atomic mass is 10.1. The largest absolute Gasteiger partial charge is 0.495 e. The van der Waals surface area contributed by atoms with Gasteiger partial charge in [0.05, 0.1) is 23.8 Å². The van der Waals surface area contributed by atoms with Gasteiger partial charge in [-0.25, -0.2) is 0 Å². The molecule has 2 N–H and O–H groups in total. The molecule has 2 rings (SSSR count). The number of hydrogen-bond acceptors (Lipinski definition) is 5. The standard InChI is InChI=1S/C18H20ClN3O4/c1-11(14-6-4-5-7-15(14)19)20-12(2)18(23)21-16-10-13(22(24)25)8-9-17(16)26-3/h4-12,20H,1-3H3,(H,21,23)/t11-,12-/m1/s1. The van der Waals surface area contributed by atoms with E-state index in [0.29, 0.717) is 10.8 Å². The number of hydrogen-bond donors (Lipinski definition) is 2. The van der Waals surface area contributed by atoms with E-state index in [1.54, 1.807) is 13.0 Å². The number of benzene rings is 2. The lowest BCUT2D eigenvalue weighted by molar-refractivity contribution is -0.384. The van der Waals surface area contributed by atoms with Crippen LogP contribution in [-0.4, -0.2) is 24.0 Å². The zero-order valence-electron chi connectivity index (χ0n) is 14.7. The number of nitrogens with zero attached hydrogens (tertiary/aromatic N) is 1. The highest BCUT2D eigenvalue weighted by atomic mass is 35.5. The van der Waals surface area contributed by atoms with Crippen molar-refractivity contribution in [2.45, 2.75) is 25.9 Å². The average molecular weight is 378 g/mol. The molecule has 0 aliphatic rings. The highest BCUT2D eigenvalue weighted by Crippen LogP contribution is 2.29. The first-order chi connectivity index (χ1) is 12.3. The molecule has 0 aliphatic carbocycles. The van der Waals surface area contributed by atoms with Gasteiger partial charge in [-0.05, 0) is 31.5 Å². The SMILES string of the molecule is COc1ccc([N+](=O)[O-])cc1NC(=O)[C@@H](C)N[C@H](C)c1ccccc1Cl. The van der Waals surface area contributed by atoms with Gasteiger partial charge in [0.2, 0.25) is 5.91 Å². The molecule has 2 aromatic carbocycles. The fraction of sp³-hybridized carbons (Fsp3) is 0.278. The molecule has 2 atom stereocenters. The number of nitrogens with one attached hydrogen (secondary N) is 2. The van der Waals surface area contributed by atoms with Crippen molar-refractivity contribution in [2.75, 3.05) is 12.4 Å². The van der Waals surface area contributed by atoms with Crippen molar-refractivity contribution < 1.29 is 14.5 Å². The zero-order valence-corrected chi connectivity index (χ0v) is 15.4. The van der Waals surface area contributed by atoms with E-state index in [4.69, 9.17) is 16.3 Å². The summed E-state index contributed by atoms with van der Waals surface area (Å²) in [6.45, 7) is 3.60. The predicted molar refractivity (Wildman–Crippen MR) is 101 cm³/mol. The van der Waals surface area contributed by atoms with E-state index in [-0.39, 0.29) is 23.3 Å². The van der Waals surface area contributed by atoms with E-state index in [2.05, 4.69) is 10.6 Å². The number of amides is 1. The summed E-state index contributed by atoms with van der Waals surface area (Å²) in [5.41, 5.74) is 0.985. The number of nitro groups is 1. The quantitative estimate of drug-likeness (QED) is 0.563. The van der Waals surface area contributed by atoms with Crippen LogP contribution in [0.1, 0.15) is 25.5 Å². The molecule has 0 spiro atoms. The number of nitro benzene ring substituents is 1. The molecular weight excluding hydrogens is 358 g/mol. The monoisotopic (exact) mass is 377 g/mol. The van der Waals surface area contributed by atoms with Gasteiger partial charge in [-0.3, -0.25) is 20.2 Å². The molecule has 0 fully saturated rings. The third kappa shape index (κ3) is 4.71. The van der Waals surface area contributed by atoms with E-state index >= 15 is 0 Å². The normalized spacial score (nSPS) is 12.9. The van der Waals surface area contributed by atoms with E-state index in [1.165, 1.54) is 25.3 Å². The van der Waals surface area contributed by atoms with Gasteiger partial charge >= 0.3 is 0 Å². The summed E-state index contributed by atoms with van der Waals surface area (Å²) in [4.78, 5) is 22.9. The second-order valence-corrected chi connectivity index (χ2v) is 6.17. The second-order valence-electron chi connectivity index (χ2n) is 5.76. The number of ether oxygens (including phenoxy) is 1. The van der Waals surface area contributed by atoms with Gasteiger partial charge in [-0.2, -0.15) is 0 Å². The first-order valence-electron chi connectivity index (χ1n) is 7.97. The summed E-state index contributed by atoms with van der Waals surface area (Å²) in [7, 11) is 1.43. The molecule has 1 amide bonds. The van der Waals surface area contributed by atoms with Crippen LogP contribution in [0.15, 0.2) is 42.5 Å². The molecule has 0 heterocycles. The molecule has 138 valence electrons. The molecular formula is C18H20ClN3O4. The lowest BCUT2D eigenvalue weighted by Crippen LogP contribution is -2.39. The zero-order chi connectivity index (χ0) is 19.3. The Morgan fingerprint density at radius 1 is 1.23 bits per heavy atom. The summed E-state index contributed by atoms with van der Waals surface area (Å²) in [6.07, 6.45) is 0.